The third-order valence-electron chi connectivity index (χ3n) is 4.82. The minimum Gasteiger partial charge on any atom is -0.342 e. The molecule has 0 spiro atoms. The van der Waals surface area contributed by atoms with Gasteiger partial charge in [0.15, 0.2) is 0 Å². The molecular formula is C20H21N3O. The summed E-state index contributed by atoms with van der Waals surface area (Å²) in [7, 11) is 0. The van der Waals surface area contributed by atoms with Crippen LogP contribution in [-0.4, -0.2) is 22.4 Å². The summed E-state index contributed by atoms with van der Waals surface area (Å²) < 4.78 is 0. The van der Waals surface area contributed by atoms with Crippen molar-refractivity contribution in [2.45, 2.75) is 33.1 Å². The molecule has 4 rings (SSSR count). The summed E-state index contributed by atoms with van der Waals surface area (Å²) in [5.41, 5.74) is 6.60. The monoisotopic (exact) mass is 319 g/mol. The number of carbonyl (C=O) groups is 1. The zero-order chi connectivity index (χ0) is 16.8. The van der Waals surface area contributed by atoms with Crippen LogP contribution < -0.4 is 4.90 Å². The van der Waals surface area contributed by atoms with Gasteiger partial charge in [0.05, 0.1) is 11.0 Å². The number of nitrogens with one attached hydrogen (secondary N) is 1. The van der Waals surface area contributed by atoms with E-state index in [1.807, 2.05) is 29.2 Å². The van der Waals surface area contributed by atoms with Gasteiger partial charge in [-0.2, -0.15) is 0 Å². The van der Waals surface area contributed by atoms with Gasteiger partial charge < -0.3 is 9.88 Å². The van der Waals surface area contributed by atoms with Crippen LogP contribution >= 0.6 is 0 Å². The van der Waals surface area contributed by atoms with Crippen LogP contribution in [0.15, 0.2) is 36.4 Å². The van der Waals surface area contributed by atoms with Gasteiger partial charge in [0.25, 0.3) is 0 Å². The number of nitrogens with zero attached hydrogens (tertiary/aromatic N) is 2. The molecule has 4 heteroatoms. The molecule has 0 bridgehead atoms. The van der Waals surface area contributed by atoms with Gasteiger partial charge in [-0.15, -0.1) is 0 Å². The van der Waals surface area contributed by atoms with Crippen molar-refractivity contribution in [2.24, 2.45) is 0 Å². The number of aromatic amines is 1. The highest BCUT2D eigenvalue weighted by atomic mass is 16.2. The van der Waals surface area contributed by atoms with Crippen molar-refractivity contribution >= 4 is 22.6 Å². The molecule has 1 aliphatic heterocycles. The first kappa shape index (κ1) is 14.9. The Hall–Kier alpha value is -2.62. The van der Waals surface area contributed by atoms with Crippen molar-refractivity contribution < 1.29 is 4.79 Å². The lowest BCUT2D eigenvalue weighted by Crippen LogP contribution is -2.26. The van der Waals surface area contributed by atoms with E-state index in [-0.39, 0.29) is 11.8 Å². The second kappa shape index (κ2) is 5.48. The second-order valence-electron chi connectivity index (χ2n) is 6.79. The van der Waals surface area contributed by atoms with Gasteiger partial charge in [0.1, 0.15) is 5.82 Å². The van der Waals surface area contributed by atoms with Gasteiger partial charge in [0.2, 0.25) is 5.91 Å². The zero-order valence-corrected chi connectivity index (χ0v) is 14.3. The van der Waals surface area contributed by atoms with E-state index >= 15 is 0 Å². The minimum atomic E-state index is 0.116. The smallest absolute Gasteiger partial charge is 0.227 e. The van der Waals surface area contributed by atoms with E-state index in [2.05, 4.69) is 42.9 Å². The Morgan fingerprint density at radius 1 is 1.12 bits per heavy atom. The van der Waals surface area contributed by atoms with E-state index in [4.69, 9.17) is 0 Å². The number of anilines is 1. The Kier molecular flexibility index (Phi) is 3.41. The van der Waals surface area contributed by atoms with Gasteiger partial charge >= 0.3 is 0 Å². The highest BCUT2D eigenvalue weighted by Crippen LogP contribution is 2.35. The molecule has 2 heterocycles. The largest absolute Gasteiger partial charge is 0.342 e. The van der Waals surface area contributed by atoms with Crippen LogP contribution in [0.5, 0.6) is 0 Å². The fourth-order valence-electron chi connectivity index (χ4n) is 3.87. The number of hydrogen-bond donors (Lipinski definition) is 1. The first-order valence-electron chi connectivity index (χ1n) is 8.36. The predicted octanol–water partition coefficient (Wildman–Crippen LogP) is 4.01. The molecular weight excluding hydrogens is 298 g/mol. The summed E-state index contributed by atoms with van der Waals surface area (Å²) in [5.74, 6) is 1.20. The molecule has 24 heavy (non-hydrogen) atoms. The van der Waals surface area contributed by atoms with Crippen LogP contribution in [0, 0.1) is 20.8 Å². The highest BCUT2D eigenvalue weighted by molar-refractivity contribution is 5.98. The van der Waals surface area contributed by atoms with Crippen LogP contribution in [0.25, 0.3) is 11.0 Å². The summed E-state index contributed by atoms with van der Waals surface area (Å²) in [6, 6.07) is 12.3. The molecule has 0 radical (unpaired) electrons. The van der Waals surface area contributed by atoms with Gasteiger partial charge in [-0.1, -0.05) is 29.8 Å². The Balaban J connectivity index is 1.68. The average Bonchev–Trinajstić information content (AvgIpc) is 3.10. The normalized spacial score (nSPS) is 17.9. The molecule has 1 amide bonds. The number of benzene rings is 2. The summed E-state index contributed by atoms with van der Waals surface area (Å²) in [4.78, 5) is 22.6. The number of aryl methyl sites for hydroxylation is 3. The standard InChI is InChI=1S/C20H21N3O/c1-12-8-13(2)19(14(3)9-12)23-11-15(10-18(23)24)20-21-16-6-4-5-7-17(16)22-20/h4-9,15H,10-11H2,1-3H3,(H,21,22)/t15-/m0/s1. The Labute approximate surface area is 141 Å². The van der Waals surface area contributed by atoms with Gasteiger partial charge in [-0.25, -0.2) is 4.98 Å². The van der Waals surface area contributed by atoms with E-state index < -0.39 is 0 Å². The number of rotatable bonds is 2. The molecule has 2 aromatic carbocycles. The molecule has 1 fully saturated rings. The molecule has 3 aromatic rings. The van der Waals surface area contributed by atoms with Crippen LogP contribution in [-0.2, 0) is 4.79 Å². The number of imidazole rings is 1. The zero-order valence-electron chi connectivity index (χ0n) is 14.3. The first-order valence-corrected chi connectivity index (χ1v) is 8.36. The molecule has 1 aromatic heterocycles. The molecule has 1 aliphatic rings. The van der Waals surface area contributed by atoms with Crippen molar-refractivity contribution in [3.8, 4) is 0 Å². The number of aromatic nitrogens is 2. The van der Waals surface area contributed by atoms with Crippen molar-refractivity contribution in [3.05, 3.63) is 58.9 Å². The average molecular weight is 319 g/mol. The molecule has 0 saturated carbocycles. The lowest BCUT2D eigenvalue weighted by Gasteiger charge is -2.22. The van der Waals surface area contributed by atoms with Crippen LogP contribution in [0.4, 0.5) is 5.69 Å². The number of H-pyrrole nitrogens is 1. The fraction of sp³-hybridized carbons (Fsp3) is 0.300. The Morgan fingerprint density at radius 3 is 2.54 bits per heavy atom. The summed E-state index contributed by atoms with van der Waals surface area (Å²) >= 11 is 0. The van der Waals surface area contributed by atoms with E-state index in [9.17, 15) is 4.79 Å². The van der Waals surface area contributed by atoms with Crippen molar-refractivity contribution in [1.29, 1.82) is 0 Å². The molecule has 0 aliphatic carbocycles. The molecule has 122 valence electrons. The quantitative estimate of drug-likeness (QED) is 0.776. The highest BCUT2D eigenvalue weighted by Gasteiger charge is 2.34. The van der Waals surface area contributed by atoms with Crippen LogP contribution in [0.1, 0.15) is 34.9 Å². The SMILES string of the molecule is Cc1cc(C)c(N2C[C@@H](c3nc4ccccc4[nH]3)CC2=O)c(C)c1. The third-order valence-corrected chi connectivity index (χ3v) is 4.82. The Morgan fingerprint density at radius 2 is 1.83 bits per heavy atom. The summed E-state index contributed by atoms with van der Waals surface area (Å²) in [6.45, 7) is 6.93. The van der Waals surface area contributed by atoms with Crippen molar-refractivity contribution in [3.63, 3.8) is 0 Å². The number of hydrogen-bond acceptors (Lipinski definition) is 2. The maximum atomic E-state index is 12.6. The first-order chi connectivity index (χ1) is 11.5. The maximum Gasteiger partial charge on any atom is 0.227 e. The predicted molar refractivity (Wildman–Crippen MR) is 96.5 cm³/mol. The van der Waals surface area contributed by atoms with Gasteiger partial charge in [-0.05, 0) is 44.0 Å². The number of amides is 1. The Bertz CT molecular complexity index is 885. The lowest BCUT2D eigenvalue weighted by molar-refractivity contribution is -0.117. The van der Waals surface area contributed by atoms with Crippen LogP contribution in [0.3, 0.4) is 0 Å². The van der Waals surface area contributed by atoms with E-state index in [1.54, 1.807) is 0 Å². The van der Waals surface area contributed by atoms with Gasteiger partial charge in [0, 0.05) is 24.6 Å². The van der Waals surface area contributed by atoms with Crippen molar-refractivity contribution in [2.75, 3.05) is 11.4 Å². The van der Waals surface area contributed by atoms with E-state index in [1.165, 1.54) is 5.56 Å². The minimum absolute atomic E-state index is 0.116. The molecule has 1 N–H and O–H groups in total. The molecule has 1 atom stereocenters. The maximum absolute atomic E-state index is 12.6. The number of para-hydroxylation sites is 2. The van der Waals surface area contributed by atoms with Gasteiger partial charge in [-0.3, -0.25) is 4.79 Å². The number of carbonyl (C=O) groups excluding carboxylic acids is 1. The van der Waals surface area contributed by atoms with Crippen LogP contribution in [0.2, 0.25) is 0 Å². The molecule has 4 nitrogen and oxygen atoms in total. The fourth-order valence-corrected chi connectivity index (χ4v) is 3.87. The summed E-state index contributed by atoms with van der Waals surface area (Å²) in [6.07, 6.45) is 0.507. The topological polar surface area (TPSA) is 49.0 Å². The molecule has 0 unspecified atom stereocenters. The third kappa shape index (κ3) is 2.39. The summed E-state index contributed by atoms with van der Waals surface area (Å²) in [5, 5.41) is 0. The number of fused-ring (bicyclic) bond motifs is 1. The van der Waals surface area contributed by atoms with E-state index in [0.717, 1.165) is 33.7 Å². The molecule has 1 saturated heterocycles. The second-order valence-corrected chi connectivity index (χ2v) is 6.79. The van der Waals surface area contributed by atoms with E-state index in [0.29, 0.717) is 13.0 Å². The lowest BCUT2D eigenvalue weighted by atomic mass is 10.0. The van der Waals surface area contributed by atoms with Crippen molar-refractivity contribution in [1.82, 2.24) is 9.97 Å².